The van der Waals surface area contributed by atoms with Crippen LogP contribution in [0.15, 0.2) is 55.1 Å². The smallest absolute Gasteiger partial charge is 0.245 e. The number of hydrogen-bond donors (Lipinski definition) is 1. The molecule has 0 fully saturated rings. The van der Waals surface area contributed by atoms with Gasteiger partial charge in [-0.2, -0.15) is 5.10 Å². The molecule has 0 radical (unpaired) electrons. The van der Waals surface area contributed by atoms with Crippen molar-refractivity contribution in [2.24, 2.45) is 0 Å². The van der Waals surface area contributed by atoms with Gasteiger partial charge in [-0.1, -0.05) is 30.3 Å². The molecular formula is C16H17N5O. The van der Waals surface area contributed by atoms with Gasteiger partial charge < -0.3 is 9.88 Å². The van der Waals surface area contributed by atoms with Crippen LogP contribution in [0.2, 0.25) is 0 Å². The minimum atomic E-state index is -0.123. The summed E-state index contributed by atoms with van der Waals surface area (Å²) in [6.07, 6.45) is 5.32. The van der Waals surface area contributed by atoms with Gasteiger partial charge in [0.2, 0.25) is 5.91 Å². The standard InChI is InChI=1S/C16H17N5O/c1-13-9-20(12-17-13)11-16(22)18-15-7-8-21(19-15)10-14-5-3-2-4-6-14/h2-9,12H,10-11H2,1H3,(H,18,19,22). The van der Waals surface area contributed by atoms with Crippen molar-refractivity contribution in [3.05, 3.63) is 66.4 Å². The molecular weight excluding hydrogens is 278 g/mol. The maximum Gasteiger partial charge on any atom is 0.245 e. The third kappa shape index (κ3) is 3.60. The summed E-state index contributed by atoms with van der Waals surface area (Å²) in [7, 11) is 0. The van der Waals surface area contributed by atoms with E-state index in [2.05, 4.69) is 15.4 Å². The van der Waals surface area contributed by atoms with Gasteiger partial charge in [0.25, 0.3) is 0 Å². The third-order valence-corrected chi connectivity index (χ3v) is 3.18. The lowest BCUT2D eigenvalue weighted by atomic mass is 10.2. The molecule has 22 heavy (non-hydrogen) atoms. The summed E-state index contributed by atoms with van der Waals surface area (Å²) in [4.78, 5) is 16.0. The Hall–Kier alpha value is -2.89. The summed E-state index contributed by atoms with van der Waals surface area (Å²) >= 11 is 0. The first-order valence-electron chi connectivity index (χ1n) is 7.05. The van der Waals surface area contributed by atoms with E-state index < -0.39 is 0 Å². The number of aromatic nitrogens is 4. The summed E-state index contributed by atoms with van der Waals surface area (Å²) < 4.78 is 3.54. The number of anilines is 1. The van der Waals surface area contributed by atoms with Crippen LogP contribution in [-0.2, 0) is 17.9 Å². The highest BCUT2D eigenvalue weighted by Crippen LogP contribution is 2.06. The monoisotopic (exact) mass is 295 g/mol. The first-order chi connectivity index (χ1) is 10.7. The van der Waals surface area contributed by atoms with Crippen molar-refractivity contribution >= 4 is 11.7 Å². The van der Waals surface area contributed by atoms with E-state index in [9.17, 15) is 4.79 Å². The maximum absolute atomic E-state index is 11.9. The summed E-state index contributed by atoms with van der Waals surface area (Å²) in [6, 6.07) is 11.8. The second kappa shape index (κ2) is 6.26. The Morgan fingerprint density at radius 1 is 1.23 bits per heavy atom. The van der Waals surface area contributed by atoms with Crippen LogP contribution in [0.5, 0.6) is 0 Å². The average molecular weight is 295 g/mol. The topological polar surface area (TPSA) is 64.7 Å². The second-order valence-electron chi connectivity index (χ2n) is 5.12. The van der Waals surface area contributed by atoms with Crippen molar-refractivity contribution in [2.45, 2.75) is 20.0 Å². The van der Waals surface area contributed by atoms with E-state index in [4.69, 9.17) is 0 Å². The van der Waals surface area contributed by atoms with Crippen LogP contribution in [0.25, 0.3) is 0 Å². The Labute approximate surface area is 128 Å². The number of nitrogens with zero attached hydrogens (tertiary/aromatic N) is 4. The number of carbonyl (C=O) groups is 1. The van der Waals surface area contributed by atoms with Gasteiger partial charge in [-0.3, -0.25) is 9.48 Å². The van der Waals surface area contributed by atoms with Gasteiger partial charge >= 0.3 is 0 Å². The van der Waals surface area contributed by atoms with Gasteiger partial charge in [-0.25, -0.2) is 4.98 Å². The molecule has 6 nitrogen and oxygen atoms in total. The maximum atomic E-state index is 11.9. The number of hydrogen-bond acceptors (Lipinski definition) is 3. The Kier molecular flexibility index (Phi) is 4.00. The van der Waals surface area contributed by atoms with Crippen molar-refractivity contribution in [2.75, 3.05) is 5.32 Å². The van der Waals surface area contributed by atoms with Gasteiger partial charge in [-0.15, -0.1) is 0 Å². The van der Waals surface area contributed by atoms with Crippen LogP contribution < -0.4 is 5.32 Å². The van der Waals surface area contributed by atoms with Gasteiger partial charge in [-0.05, 0) is 12.5 Å². The van der Waals surface area contributed by atoms with Crippen molar-refractivity contribution in [3.63, 3.8) is 0 Å². The predicted molar refractivity (Wildman–Crippen MR) is 83.4 cm³/mol. The zero-order chi connectivity index (χ0) is 15.4. The molecule has 0 saturated heterocycles. The molecule has 1 amide bonds. The summed E-state index contributed by atoms with van der Waals surface area (Å²) in [5.74, 6) is 0.431. The SMILES string of the molecule is Cc1cn(CC(=O)Nc2ccn(Cc3ccccc3)n2)cn1. The fourth-order valence-corrected chi connectivity index (χ4v) is 2.19. The zero-order valence-electron chi connectivity index (χ0n) is 12.3. The zero-order valence-corrected chi connectivity index (χ0v) is 12.3. The fraction of sp³-hybridized carbons (Fsp3) is 0.188. The number of imidazole rings is 1. The number of aryl methyl sites for hydroxylation is 1. The van der Waals surface area contributed by atoms with E-state index in [1.165, 1.54) is 0 Å². The van der Waals surface area contributed by atoms with E-state index in [1.54, 1.807) is 21.6 Å². The van der Waals surface area contributed by atoms with Crippen LogP contribution >= 0.6 is 0 Å². The number of rotatable bonds is 5. The van der Waals surface area contributed by atoms with E-state index in [1.807, 2.05) is 49.6 Å². The minimum Gasteiger partial charge on any atom is -0.328 e. The molecule has 1 aromatic carbocycles. The fourth-order valence-electron chi connectivity index (χ4n) is 2.19. The largest absolute Gasteiger partial charge is 0.328 e. The molecule has 0 spiro atoms. The number of amides is 1. The first kappa shape index (κ1) is 14.1. The molecule has 2 aromatic heterocycles. The average Bonchev–Trinajstić information content (AvgIpc) is 3.09. The van der Waals surface area contributed by atoms with Crippen LogP contribution in [-0.4, -0.2) is 25.2 Å². The molecule has 2 heterocycles. The Balaban J connectivity index is 1.58. The van der Waals surface area contributed by atoms with Gasteiger partial charge in [0.15, 0.2) is 5.82 Å². The van der Waals surface area contributed by atoms with Crippen LogP contribution in [0.1, 0.15) is 11.3 Å². The molecule has 0 atom stereocenters. The Bertz CT molecular complexity index is 760. The molecule has 0 saturated carbocycles. The predicted octanol–water partition coefficient (Wildman–Crippen LogP) is 2.08. The molecule has 0 aliphatic rings. The highest BCUT2D eigenvalue weighted by Gasteiger charge is 2.06. The minimum absolute atomic E-state index is 0.123. The van der Waals surface area contributed by atoms with Crippen molar-refractivity contribution in [1.29, 1.82) is 0 Å². The highest BCUT2D eigenvalue weighted by atomic mass is 16.2. The molecule has 3 aromatic rings. The number of nitrogens with one attached hydrogen (secondary N) is 1. The lowest BCUT2D eigenvalue weighted by molar-refractivity contribution is -0.116. The lowest BCUT2D eigenvalue weighted by Gasteiger charge is -2.03. The van der Waals surface area contributed by atoms with Gasteiger partial charge in [0, 0.05) is 18.5 Å². The van der Waals surface area contributed by atoms with Crippen molar-refractivity contribution in [1.82, 2.24) is 19.3 Å². The highest BCUT2D eigenvalue weighted by molar-refractivity contribution is 5.89. The molecule has 1 N–H and O–H groups in total. The van der Waals surface area contributed by atoms with Crippen LogP contribution in [0.4, 0.5) is 5.82 Å². The summed E-state index contributed by atoms with van der Waals surface area (Å²) in [5.41, 5.74) is 2.05. The van der Waals surface area contributed by atoms with E-state index in [-0.39, 0.29) is 12.5 Å². The number of carbonyl (C=O) groups excluding carboxylic acids is 1. The van der Waals surface area contributed by atoms with E-state index in [0.717, 1.165) is 11.3 Å². The third-order valence-electron chi connectivity index (χ3n) is 3.18. The molecule has 0 aliphatic heterocycles. The molecule has 112 valence electrons. The Morgan fingerprint density at radius 3 is 2.77 bits per heavy atom. The lowest BCUT2D eigenvalue weighted by Crippen LogP contribution is -2.18. The van der Waals surface area contributed by atoms with E-state index in [0.29, 0.717) is 12.4 Å². The molecule has 0 bridgehead atoms. The van der Waals surface area contributed by atoms with E-state index >= 15 is 0 Å². The van der Waals surface area contributed by atoms with Crippen LogP contribution in [0, 0.1) is 6.92 Å². The molecule has 6 heteroatoms. The first-order valence-corrected chi connectivity index (χ1v) is 7.05. The molecule has 0 unspecified atom stereocenters. The van der Waals surface area contributed by atoms with Crippen LogP contribution in [0.3, 0.4) is 0 Å². The Morgan fingerprint density at radius 2 is 2.05 bits per heavy atom. The summed E-state index contributed by atoms with van der Waals surface area (Å²) in [5, 5.41) is 7.14. The van der Waals surface area contributed by atoms with Gasteiger partial charge in [0.1, 0.15) is 6.54 Å². The van der Waals surface area contributed by atoms with Crippen molar-refractivity contribution < 1.29 is 4.79 Å². The quantitative estimate of drug-likeness (QED) is 0.783. The number of benzene rings is 1. The molecule has 0 aliphatic carbocycles. The van der Waals surface area contributed by atoms with Crippen molar-refractivity contribution in [3.8, 4) is 0 Å². The van der Waals surface area contributed by atoms with Gasteiger partial charge in [0.05, 0.1) is 18.6 Å². The normalized spacial score (nSPS) is 10.6. The second-order valence-corrected chi connectivity index (χ2v) is 5.12. The summed E-state index contributed by atoms with van der Waals surface area (Å²) in [6.45, 7) is 2.80. The molecule has 3 rings (SSSR count).